The summed E-state index contributed by atoms with van der Waals surface area (Å²) < 4.78 is 44.1. The first kappa shape index (κ1) is 57.7. The van der Waals surface area contributed by atoms with Gasteiger partial charge in [0.1, 0.15) is 34.6 Å². The summed E-state index contributed by atoms with van der Waals surface area (Å²) in [6, 6.07) is 115. The van der Waals surface area contributed by atoms with Gasteiger partial charge in [0.2, 0.25) is 0 Å². The van der Waals surface area contributed by atoms with Crippen molar-refractivity contribution in [2.24, 2.45) is 0 Å². The van der Waals surface area contributed by atoms with Gasteiger partial charge >= 0.3 is 0 Å². The molecule has 456 valence electrons. The van der Waals surface area contributed by atoms with Gasteiger partial charge in [-0.15, -0.1) is 0 Å². The van der Waals surface area contributed by atoms with E-state index in [1.807, 2.05) is 109 Å². The van der Waals surface area contributed by atoms with Crippen LogP contribution < -0.4 is 14.4 Å². The molecule has 0 bridgehead atoms. The number of hydrogen-bond donors (Lipinski definition) is 0. The highest BCUT2D eigenvalue weighted by Crippen LogP contribution is 2.62. The van der Waals surface area contributed by atoms with Crippen LogP contribution in [0.3, 0.4) is 0 Å². The molecule has 0 N–H and O–H groups in total. The van der Waals surface area contributed by atoms with Crippen molar-refractivity contribution < 1.29 is 18.3 Å². The van der Waals surface area contributed by atoms with E-state index in [1.54, 1.807) is 24.3 Å². The first-order valence-electron chi connectivity index (χ1n) is 32.5. The Kier molecular flexibility index (Phi) is 13.9. The standard InChI is InChI=1S/C91H61F2NO2/c1-3-60-27-46-73(47-28-60)95-75-50-35-66(36-51-75)90(64-31-39-68(92)40-32-64)84-25-15-12-22-78(84)81-55-44-71(58-87(81)90)94(70-43-54-80-77-21-11-14-24-83(77)89(86(80)57-70,62-17-7-5-8-18-62)63-19-9-6-10-20-63)72-45-56-82-79-23-13-16-26-85(79)91(88(82)59-72,65-33-41-69(93)42-34-65)67-37-52-76(53-38-67)96-74-48-29-61(4-2)30-49-74/h3-59H,1-2H2. The number of benzene rings is 14. The minimum absolute atomic E-state index is 0.318. The maximum absolute atomic E-state index is 15.5. The molecule has 0 saturated heterocycles. The second kappa shape index (κ2) is 23.1. The van der Waals surface area contributed by atoms with Gasteiger partial charge in [-0.25, -0.2) is 8.78 Å². The highest BCUT2D eigenvalue weighted by molar-refractivity contribution is 5.94. The zero-order valence-electron chi connectivity index (χ0n) is 52.3. The molecule has 3 aliphatic carbocycles. The van der Waals surface area contributed by atoms with Gasteiger partial charge in [-0.3, -0.25) is 0 Å². The largest absolute Gasteiger partial charge is 0.457 e. The molecule has 5 heteroatoms. The van der Waals surface area contributed by atoms with Gasteiger partial charge < -0.3 is 14.4 Å². The van der Waals surface area contributed by atoms with Gasteiger partial charge in [-0.05, 0) is 220 Å². The molecule has 0 aromatic heterocycles. The predicted molar refractivity (Wildman–Crippen MR) is 386 cm³/mol. The number of fused-ring (bicyclic) bond motifs is 9. The van der Waals surface area contributed by atoms with E-state index in [9.17, 15) is 0 Å². The van der Waals surface area contributed by atoms with Gasteiger partial charge in [0.15, 0.2) is 0 Å². The molecule has 96 heavy (non-hydrogen) atoms. The number of ether oxygens (including phenoxy) is 2. The number of anilines is 3. The molecule has 0 fully saturated rings. The summed E-state index contributed by atoms with van der Waals surface area (Å²) in [5.74, 6) is 2.15. The zero-order chi connectivity index (χ0) is 64.5. The average molecular weight is 1240 g/mol. The molecule has 3 nitrogen and oxygen atoms in total. The smallest absolute Gasteiger partial charge is 0.127 e. The van der Waals surface area contributed by atoms with E-state index in [1.165, 1.54) is 11.1 Å². The van der Waals surface area contributed by atoms with Crippen LogP contribution in [0.25, 0.3) is 45.5 Å². The maximum atomic E-state index is 15.5. The highest BCUT2D eigenvalue weighted by Gasteiger charge is 2.50. The van der Waals surface area contributed by atoms with Crippen LogP contribution >= 0.6 is 0 Å². The fourth-order valence-electron chi connectivity index (χ4n) is 16.0. The van der Waals surface area contributed by atoms with Crippen LogP contribution in [-0.4, -0.2) is 0 Å². The lowest BCUT2D eigenvalue weighted by Gasteiger charge is -2.36. The van der Waals surface area contributed by atoms with E-state index < -0.39 is 16.2 Å². The molecule has 0 amide bonds. The first-order chi connectivity index (χ1) is 47.3. The first-order valence-corrected chi connectivity index (χ1v) is 32.5. The molecule has 0 heterocycles. The SMILES string of the molecule is C=Cc1ccc(Oc2ccc(C3(c4ccc(F)cc4)c4ccccc4-c4ccc(N(c5ccc6c(c5)C(c5ccccc5)(c5ccccc5)c5ccccc5-6)c5ccc6c(c5)C(c5ccc(F)cc5)(c5ccc(Oc7ccc(C=C)cc7)cc5)c5ccccc5-6)cc43)cc2)cc1. The summed E-state index contributed by atoms with van der Waals surface area (Å²) in [5.41, 5.74) is 21.6. The molecule has 0 aliphatic heterocycles. The second-order valence-electron chi connectivity index (χ2n) is 25.0. The third kappa shape index (κ3) is 8.99. The third-order valence-electron chi connectivity index (χ3n) is 20.1. The molecule has 3 aliphatic rings. The van der Waals surface area contributed by atoms with E-state index in [4.69, 9.17) is 9.47 Å². The van der Waals surface area contributed by atoms with Crippen molar-refractivity contribution in [3.63, 3.8) is 0 Å². The lowest BCUT2D eigenvalue weighted by Crippen LogP contribution is -2.29. The van der Waals surface area contributed by atoms with Crippen molar-refractivity contribution in [3.8, 4) is 56.4 Å². The fraction of sp³-hybridized carbons (Fsp3) is 0.0330. The van der Waals surface area contributed by atoms with E-state index in [2.05, 4.69) is 230 Å². The fourth-order valence-corrected chi connectivity index (χ4v) is 16.0. The van der Waals surface area contributed by atoms with Crippen LogP contribution in [0, 0.1) is 11.6 Å². The Balaban J connectivity index is 0.918. The Morgan fingerprint density at radius 1 is 0.250 bits per heavy atom. The Hall–Kier alpha value is -12.2. The third-order valence-corrected chi connectivity index (χ3v) is 20.1. The van der Waals surface area contributed by atoms with Crippen LogP contribution in [-0.2, 0) is 16.2 Å². The van der Waals surface area contributed by atoms with Crippen LogP contribution in [0.4, 0.5) is 25.8 Å². The maximum Gasteiger partial charge on any atom is 0.127 e. The minimum atomic E-state index is -0.941. The van der Waals surface area contributed by atoms with E-state index >= 15 is 8.78 Å². The highest BCUT2D eigenvalue weighted by atomic mass is 19.1. The van der Waals surface area contributed by atoms with E-state index in [0.717, 1.165) is 117 Å². The summed E-state index contributed by atoms with van der Waals surface area (Å²) in [5, 5.41) is 0. The van der Waals surface area contributed by atoms with Crippen molar-refractivity contribution in [2.75, 3.05) is 4.90 Å². The Morgan fingerprint density at radius 3 is 0.802 bits per heavy atom. The van der Waals surface area contributed by atoms with Gasteiger partial charge in [0.25, 0.3) is 0 Å². The Labute approximate surface area is 558 Å². The van der Waals surface area contributed by atoms with Crippen molar-refractivity contribution >= 4 is 29.2 Å². The topological polar surface area (TPSA) is 21.7 Å². The van der Waals surface area contributed by atoms with E-state index in [0.29, 0.717) is 23.0 Å². The van der Waals surface area contributed by atoms with Gasteiger partial charge in [-0.2, -0.15) is 0 Å². The van der Waals surface area contributed by atoms with Crippen LogP contribution in [0.5, 0.6) is 23.0 Å². The van der Waals surface area contributed by atoms with Gasteiger partial charge in [0, 0.05) is 17.1 Å². The molecule has 2 atom stereocenters. The molecular weight excluding hydrogens is 1180 g/mol. The van der Waals surface area contributed by atoms with Crippen molar-refractivity contribution in [1.29, 1.82) is 0 Å². The summed E-state index contributed by atoms with van der Waals surface area (Å²) in [4.78, 5) is 2.42. The molecule has 14 aromatic rings. The van der Waals surface area contributed by atoms with Crippen LogP contribution in [0.15, 0.2) is 347 Å². The average Bonchev–Trinajstić information content (AvgIpc) is 1.54. The number of nitrogens with zero attached hydrogens (tertiary/aromatic N) is 1. The van der Waals surface area contributed by atoms with Crippen LogP contribution in [0.2, 0.25) is 0 Å². The van der Waals surface area contributed by atoms with Crippen molar-refractivity contribution in [3.05, 3.63) is 436 Å². The summed E-state index contributed by atoms with van der Waals surface area (Å²) in [6.45, 7) is 7.87. The second-order valence-corrected chi connectivity index (χ2v) is 25.0. The predicted octanol–water partition coefficient (Wildman–Crippen LogP) is 23.4. The Morgan fingerprint density at radius 2 is 0.500 bits per heavy atom. The number of halogens is 2. The quantitative estimate of drug-likeness (QED) is 0.102. The van der Waals surface area contributed by atoms with E-state index in [-0.39, 0.29) is 11.6 Å². The zero-order valence-corrected chi connectivity index (χ0v) is 52.3. The normalized spacial score (nSPS) is 15.6. The molecule has 0 radical (unpaired) electrons. The monoisotopic (exact) mass is 1240 g/mol. The molecule has 17 rings (SSSR count). The number of rotatable bonds is 15. The lowest BCUT2D eigenvalue weighted by molar-refractivity contribution is 0.482. The van der Waals surface area contributed by atoms with Crippen LogP contribution in [0.1, 0.15) is 77.9 Å². The van der Waals surface area contributed by atoms with Crippen molar-refractivity contribution in [2.45, 2.75) is 16.2 Å². The summed E-state index contributed by atoms with van der Waals surface area (Å²) in [7, 11) is 0. The summed E-state index contributed by atoms with van der Waals surface area (Å²) >= 11 is 0. The minimum Gasteiger partial charge on any atom is -0.457 e. The molecule has 0 spiro atoms. The molecule has 14 aromatic carbocycles. The van der Waals surface area contributed by atoms with Gasteiger partial charge in [-0.1, -0.05) is 250 Å². The number of hydrogen-bond acceptors (Lipinski definition) is 3. The Bertz CT molecular complexity index is 5030. The van der Waals surface area contributed by atoms with Gasteiger partial charge in [0.05, 0.1) is 16.2 Å². The molecule has 0 saturated carbocycles. The molecule has 2 unspecified atom stereocenters. The van der Waals surface area contributed by atoms with Crippen molar-refractivity contribution in [1.82, 2.24) is 0 Å². The summed E-state index contributed by atoms with van der Waals surface area (Å²) in [6.07, 6.45) is 3.63. The molecular formula is C91H61F2NO2. The lowest BCUT2D eigenvalue weighted by atomic mass is 9.67.